The largest absolute Gasteiger partial charge is 0.480 e. The third-order valence-electron chi connectivity index (χ3n) is 6.03. The van der Waals surface area contributed by atoms with E-state index >= 15 is 0 Å². The molecule has 0 bridgehead atoms. The number of carboxylic acids is 1. The number of fused-ring (bicyclic) bond motifs is 3. The van der Waals surface area contributed by atoms with Crippen LogP contribution in [0.15, 0.2) is 48.5 Å². The number of hydrogen-bond donors (Lipinski definition) is 4. The Morgan fingerprint density at radius 2 is 1.51 bits per heavy atom. The molecule has 186 valence electrons. The molecule has 2 aromatic carbocycles. The van der Waals surface area contributed by atoms with Gasteiger partial charge in [0.05, 0.1) is 6.54 Å². The number of carboxylic acid groups (broad SMARTS) is 1. The molecule has 1 unspecified atom stereocenters. The van der Waals surface area contributed by atoms with Crippen LogP contribution in [0.5, 0.6) is 0 Å². The molecule has 2 aromatic rings. The first-order valence-corrected chi connectivity index (χ1v) is 11.6. The highest BCUT2D eigenvalue weighted by molar-refractivity contribution is 5.91. The van der Waals surface area contributed by atoms with Crippen LogP contribution in [0.1, 0.15) is 44.2 Å². The van der Waals surface area contributed by atoms with E-state index in [1.807, 2.05) is 48.5 Å². The van der Waals surface area contributed by atoms with E-state index in [1.165, 1.54) is 0 Å². The van der Waals surface area contributed by atoms with Gasteiger partial charge in [0.2, 0.25) is 11.8 Å². The Hall–Kier alpha value is -3.88. The van der Waals surface area contributed by atoms with Crippen molar-refractivity contribution in [2.45, 2.75) is 45.2 Å². The molecule has 0 fully saturated rings. The van der Waals surface area contributed by atoms with Gasteiger partial charge < -0.3 is 25.8 Å². The fraction of sp³-hybridized carbons (Fsp3) is 0.385. The molecule has 0 radical (unpaired) electrons. The summed E-state index contributed by atoms with van der Waals surface area (Å²) in [7, 11) is 0. The summed E-state index contributed by atoms with van der Waals surface area (Å²) >= 11 is 0. The fourth-order valence-electron chi connectivity index (χ4n) is 4.16. The smallest absolute Gasteiger partial charge is 0.407 e. The standard InChI is InChI=1S/C26H31N3O6/c1-4-21(25(32)33)28-22(30)13-27-24(31)23(15(2)3)29-26(34)35-14-20-18-11-7-5-9-16(18)17-10-6-8-12-19(17)20/h5-12,15,20-21,23H,4,13-14H2,1-3H3,(H,27,31)(H,28,30)(H,29,34)(H,32,33)/t21?,23-/m0/s1. The number of carbonyl (C=O) groups is 4. The number of rotatable bonds is 10. The van der Waals surface area contributed by atoms with Crippen molar-refractivity contribution in [1.29, 1.82) is 0 Å². The lowest BCUT2D eigenvalue weighted by Crippen LogP contribution is -2.52. The maximum atomic E-state index is 12.6. The van der Waals surface area contributed by atoms with Crippen LogP contribution < -0.4 is 16.0 Å². The van der Waals surface area contributed by atoms with Crippen molar-refractivity contribution in [3.63, 3.8) is 0 Å². The zero-order chi connectivity index (χ0) is 25.5. The van der Waals surface area contributed by atoms with Crippen molar-refractivity contribution in [3.8, 4) is 11.1 Å². The van der Waals surface area contributed by atoms with E-state index < -0.39 is 42.5 Å². The predicted octanol–water partition coefficient (Wildman–Crippen LogP) is 2.65. The Morgan fingerprint density at radius 1 is 0.943 bits per heavy atom. The summed E-state index contributed by atoms with van der Waals surface area (Å²) in [5.74, 6) is -2.72. The van der Waals surface area contributed by atoms with Gasteiger partial charge in [0.15, 0.2) is 0 Å². The number of aliphatic carboxylic acids is 1. The van der Waals surface area contributed by atoms with Gasteiger partial charge in [-0.05, 0) is 34.6 Å². The monoisotopic (exact) mass is 481 g/mol. The first kappa shape index (κ1) is 25.7. The average molecular weight is 482 g/mol. The van der Waals surface area contributed by atoms with E-state index in [4.69, 9.17) is 9.84 Å². The quantitative estimate of drug-likeness (QED) is 0.412. The SMILES string of the molecule is CCC(NC(=O)CNC(=O)[C@@H](NC(=O)OCC1c2ccccc2-c2ccccc21)C(C)C)C(=O)O. The highest BCUT2D eigenvalue weighted by atomic mass is 16.5. The summed E-state index contributed by atoms with van der Waals surface area (Å²) in [5.41, 5.74) is 4.39. The number of benzene rings is 2. The average Bonchev–Trinajstić information content (AvgIpc) is 3.16. The molecule has 0 aliphatic heterocycles. The molecule has 4 N–H and O–H groups in total. The van der Waals surface area contributed by atoms with Crippen LogP contribution in [-0.2, 0) is 19.1 Å². The molecule has 1 aliphatic rings. The summed E-state index contributed by atoms with van der Waals surface area (Å²) in [4.78, 5) is 48.2. The van der Waals surface area contributed by atoms with Crippen molar-refractivity contribution >= 4 is 23.9 Å². The maximum absolute atomic E-state index is 12.6. The molecule has 0 saturated heterocycles. The van der Waals surface area contributed by atoms with Crippen molar-refractivity contribution in [2.75, 3.05) is 13.2 Å². The van der Waals surface area contributed by atoms with E-state index in [1.54, 1.807) is 20.8 Å². The Bertz CT molecular complexity index is 1050. The van der Waals surface area contributed by atoms with Gasteiger partial charge in [-0.25, -0.2) is 9.59 Å². The number of amides is 3. The van der Waals surface area contributed by atoms with Crippen molar-refractivity contribution < 1.29 is 29.0 Å². The fourth-order valence-corrected chi connectivity index (χ4v) is 4.16. The lowest BCUT2D eigenvalue weighted by atomic mass is 9.98. The summed E-state index contributed by atoms with van der Waals surface area (Å²) in [5, 5.41) is 16.4. The van der Waals surface area contributed by atoms with Gasteiger partial charge in [-0.1, -0.05) is 69.3 Å². The van der Waals surface area contributed by atoms with Crippen LogP contribution >= 0.6 is 0 Å². The van der Waals surface area contributed by atoms with Gasteiger partial charge >= 0.3 is 12.1 Å². The molecule has 3 rings (SSSR count). The highest BCUT2D eigenvalue weighted by Crippen LogP contribution is 2.44. The van der Waals surface area contributed by atoms with Crippen LogP contribution in [0.3, 0.4) is 0 Å². The van der Waals surface area contributed by atoms with Crippen molar-refractivity contribution in [1.82, 2.24) is 16.0 Å². The molecule has 0 saturated carbocycles. The van der Waals surface area contributed by atoms with Gasteiger partial charge in [-0.3, -0.25) is 9.59 Å². The zero-order valence-corrected chi connectivity index (χ0v) is 20.0. The molecule has 9 heteroatoms. The molecule has 2 atom stereocenters. The van der Waals surface area contributed by atoms with E-state index in [-0.39, 0.29) is 24.9 Å². The summed E-state index contributed by atoms with van der Waals surface area (Å²) in [6.07, 6.45) is -0.519. The van der Waals surface area contributed by atoms with E-state index in [0.717, 1.165) is 22.3 Å². The summed E-state index contributed by atoms with van der Waals surface area (Å²) in [6.45, 7) is 4.85. The van der Waals surface area contributed by atoms with Crippen molar-refractivity contribution in [2.24, 2.45) is 5.92 Å². The second-order valence-electron chi connectivity index (χ2n) is 8.78. The molecule has 3 amide bonds. The number of hydrogen-bond acceptors (Lipinski definition) is 5. The minimum absolute atomic E-state index is 0.107. The third kappa shape index (κ3) is 6.17. The van der Waals surface area contributed by atoms with Gasteiger partial charge in [0, 0.05) is 5.92 Å². The number of alkyl carbamates (subject to hydrolysis) is 1. The molecule has 0 heterocycles. The second kappa shape index (κ2) is 11.5. The minimum atomic E-state index is -1.15. The molecular formula is C26H31N3O6. The Balaban J connectivity index is 1.56. The Morgan fingerprint density at radius 3 is 2.03 bits per heavy atom. The Labute approximate surface area is 204 Å². The topological polar surface area (TPSA) is 134 Å². The van der Waals surface area contributed by atoms with Crippen LogP contribution in [-0.4, -0.2) is 54.2 Å². The van der Waals surface area contributed by atoms with Crippen LogP contribution in [0.2, 0.25) is 0 Å². The van der Waals surface area contributed by atoms with Crippen LogP contribution in [0.25, 0.3) is 11.1 Å². The molecular weight excluding hydrogens is 450 g/mol. The Kier molecular flexibility index (Phi) is 8.46. The van der Waals surface area contributed by atoms with E-state index in [0.29, 0.717) is 0 Å². The molecule has 9 nitrogen and oxygen atoms in total. The van der Waals surface area contributed by atoms with Gasteiger partial charge in [0.1, 0.15) is 18.7 Å². The van der Waals surface area contributed by atoms with Crippen molar-refractivity contribution in [3.05, 3.63) is 59.7 Å². The predicted molar refractivity (Wildman–Crippen MR) is 130 cm³/mol. The second-order valence-corrected chi connectivity index (χ2v) is 8.78. The number of nitrogens with one attached hydrogen (secondary N) is 3. The van der Waals surface area contributed by atoms with Gasteiger partial charge in [-0.2, -0.15) is 0 Å². The number of carbonyl (C=O) groups excluding carboxylic acids is 3. The summed E-state index contributed by atoms with van der Waals surface area (Å²) < 4.78 is 5.52. The van der Waals surface area contributed by atoms with Gasteiger partial charge in [-0.15, -0.1) is 0 Å². The summed E-state index contributed by atoms with van der Waals surface area (Å²) in [6, 6.07) is 14.0. The molecule has 0 aromatic heterocycles. The zero-order valence-electron chi connectivity index (χ0n) is 20.0. The van der Waals surface area contributed by atoms with E-state index in [2.05, 4.69) is 16.0 Å². The molecule has 0 spiro atoms. The molecule has 35 heavy (non-hydrogen) atoms. The maximum Gasteiger partial charge on any atom is 0.407 e. The first-order chi connectivity index (χ1) is 16.7. The minimum Gasteiger partial charge on any atom is -0.480 e. The lowest BCUT2D eigenvalue weighted by Gasteiger charge is -2.22. The third-order valence-corrected chi connectivity index (χ3v) is 6.03. The van der Waals surface area contributed by atoms with Crippen LogP contribution in [0.4, 0.5) is 4.79 Å². The lowest BCUT2D eigenvalue weighted by molar-refractivity contribution is -0.141. The van der Waals surface area contributed by atoms with Crippen LogP contribution in [0, 0.1) is 5.92 Å². The van der Waals surface area contributed by atoms with Gasteiger partial charge in [0.25, 0.3) is 0 Å². The normalized spacial score (nSPS) is 13.8. The molecule has 1 aliphatic carbocycles. The number of ether oxygens (including phenoxy) is 1. The highest BCUT2D eigenvalue weighted by Gasteiger charge is 2.30. The first-order valence-electron chi connectivity index (χ1n) is 11.6. The van der Waals surface area contributed by atoms with E-state index in [9.17, 15) is 19.2 Å².